The molecule has 0 aromatic rings. The normalized spacial score (nSPS) is 41.5. The van der Waals surface area contributed by atoms with Crippen molar-refractivity contribution in [1.82, 2.24) is 10.9 Å². The largest absolute Gasteiger partial charge is 0.251 e. The SMILES string of the molecule is CC1(CC2CCC2)CCCCC(C)(C2CCCC2)CCC(C)(CC2CCC2)NN1. The quantitative estimate of drug-likeness (QED) is 0.496. The first-order valence-electron chi connectivity index (χ1n) is 13.4. The fourth-order valence-corrected chi connectivity index (χ4v) is 7.16. The van der Waals surface area contributed by atoms with Crippen LogP contribution in [0, 0.1) is 23.2 Å². The average Bonchev–Trinajstić information content (AvgIpc) is 3.17. The van der Waals surface area contributed by atoms with Gasteiger partial charge in [-0.3, -0.25) is 10.9 Å². The number of nitrogens with one attached hydrogen (secondary N) is 2. The monoisotopic (exact) mass is 402 g/mol. The molecule has 3 unspecified atom stereocenters. The molecule has 4 fully saturated rings. The van der Waals surface area contributed by atoms with Crippen LogP contribution in [-0.4, -0.2) is 11.1 Å². The van der Waals surface area contributed by atoms with E-state index in [1.807, 2.05) is 0 Å². The number of hydrogen-bond donors (Lipinski definition) is 2. The van der Waals surface area contributed by atoms with Gasteiger partial charge in [0, 0.05) is 11.1 Å². The van der Waals surface area contributed by atoms with E-state index in [1.165, 1.54) is 116 Å². The molecule has 0 aromatic heterocycles. The molecule has 3 atom stereocenters. The van der Waals surface area contributed by atoms with E-state index in [2.05, 4.69) is 31.6 Å². The molecule has 1 heterocycles. The summed E-state index contributed by atoms with van der Waals surface area (Å²) in [6.45, 7) is 7.75. The maximum absolute atomic E-state index is 4.02. The Balaban J connectivity index is 1.48. The zero-order chi connectivity index (χ0) is 20.4. The molecule has 0 radical (unpaired) electrons. The lowest BCUT2D eigenvalue weighted by molar-refractivity contribution is 0.0982. The van der Waals surface area contributed by atoms with Crippen LogP contribution >= 0.6 is 0 Å². The fourth-order valence-electron chi connectivity index (χ4n) is 7.16. The fraction of sp³-hybridized carbons (Fsp3) is 1.00. The van der Waals surface area contributed by atoms with Crippen LogP contribution in [0.3, 0.4) is 0 Å². The maximum atomic E-state index is 4.02. The Hall–Kier alpha value is -0.0800. The molecule has 1 saturated heterocycles. The Bertz CT molecular complexity index is 519. The molecule has 3 aliphatic carbocycles. The zero-order valence-corrected chi connectivity index (χ0v) is 20.0. The zero-order valence-electron chi connectivity index (χ0n) is 20.0. The van der Waals surface area contributed by atoms with Gasteiger partial charge in [0.15, 0.2) is 0 Å². The number of rotatable bonds is 5. The summed E-state index contributed by atoms with van der Waals surface area (Å²) >= 11 is 0. The second-order valence-corrected chi connectivity index (χ2v) is 12.7. The average molecular weight is 403 g/mol. The minimum Gasteiger partial charge on any atom is -0.251 e. The van der Waals surface area contributed by atoms with Crippen molar-refractivity contribution in [3.8, 4) is 0 Å². The van der Waals surface area contributed by atoms with Crippen molar-refractivity contribution in [2.45, 2.75) is 147 Å². The van der Waals surface area contributed by atoms with Gasteiger partial charge in [-0.1, -0.05) is 71.1 Å². The van der Waals surface area contributed by atoms with Gasteiger partial charge in [-0.05, 0) is 88.4 Å². The van der Waals surface area contributed by atoms with Gasteiger partial charge in [0.2, 0.25) is 0 Å². The Kier molecular flexibility index (Phi) is 7.01. The third-order valence-corrected chi connectivity index (χ3v) is 9.91. The second-order valence-electron chi connectivity index (χ2n) is 12.7. The second kappa shape index (κ2) is 9.19. The Labute approximate surface area is 181 Å². The topological polar surface area (TPSA) is 24.1 Å². The van der Waals surface area contributed by atoms with Crippen LogP contribution in [-0.2, 0) is 0 Å². The molecule has 4 rings (SSSR count). The first-order chi connectivity index (χ1) is 13.9. The molecule has 0 amide bonds. The summed E-state index contributed by atoms with van der Waals surface area (Å²) in [5.74, 6) is 2.93. The van der Waals surface area contributed by atoms with Crippen molar-refractivity contribution < 1.29 is 0 Å². The predicted octanol–water partition coefficient (Wildman–Crippen LogP) is 7.53. The molecule has 29 heavy (non-hydrogen) atoms. The number of hydrogen-bond acceptors (Lipinski definition) is 2. The minimum absolute atomic E-state index is 0.260. The van der Waals surface area contributed by atoms with E-state index >= 15 is 0 Å². The molecule has 0 bridgehead atoms. The minimum atomic E-state index is 0.260. The van der Waals surface area contributed by atoms with E-state index in [1.54, 1.807) is 0 Å². The molecule has 3 saturated carbocycles. The van der Waals surface area contributed by atoms with E-state index in [0.29, 0.717) is 5.41 Å². The summed E-state index contributed by atoms with van der Waals surface area (Å²) in [7, 11) is 0. The summed E-state index contributed by atoms with van der Waals surface area (Å²) in [5, 5.41) is 0. The highest BCUT2D eigenvalue weighted by atomic mass is 15.4. The summed E-state index contributed by atoms with van der Waals surface area (Å²) in [6.07, 6.45) is 26.0. The van der Waals surface area contributed by atoms with Gasteiger partial charge in [0.05, 0.1) is 0 Å². The van der Waals surface area contributed by atoms with Crippen molar-refractivity contribution in [1.29, 1.82) is 0 Å². The lowest BCUT2D eigenvalue weighted by Crippen LogP contribution is -2.60. The molecule has 2 N–H and O–H groups in total. The molecule has 1 aliphatic heterocycles. The summed E-state index contributed by atoms with van der Waals surface area (Å²) in [6, 6.07) is 0. The van der Waals surface area contributed by atoms with Crippen LogP contribution in [0.5, 0.6) is 0 Å². The van der Waals surface area contributed by atoms with Gasteiger partial charge in [0.25, 0.3) is 0 Å². The van der Waals surface area contributed by atoms with Crippen LogP contribution in [0.2, 0.25) is 0 Å². The summed E-state index contributed by atoms with van der Waals surface area (Å²) in [5.41, 5.74) is 9.11. The van der Waals surface area contributed by atoms with Crippen LogP contribution in [0.25, 0.3) is 0 Å². The molecule has 0 aromatic carbocycles. The van der Waals surface area contributed by atoms with E-state index < -0.39 is 0 Å². The van der Waals surface area contributed by atoms with Gasteiger partial charge in [0.1, 0.15) is 0 Å². The highest BCUT2D eigenvalue weighted by Crippen LogP contribution is 2.48. The first kappa shape index (κ1) is 22.1. The third kappa shape index (κ3) is 5.59. The molecule has 168 valence electrons. The highest BCUT2D eigenvalue weighted by molar-refractivity contribution is 4.96. The van der Waals surface area contributed by atoms with E-state index in [0.717, 1.165) is 17.8 Å². The van der Waals surface area contributed by atoms with Crippen molar-refractivity contribution in [3.63, 3.8) is 0 Å². The molecule has 2 heteroatoms. The Morgan fingerprint density at radius 2 is 1.07 bits per heavy atom. The smallest absolute Gasteiger partial charge is 0.0298 e. The molecular formula is C27H50N2. The van der Waals surface area contributed by atoms with Gasteiger partial charge in [-0.15, -0.1) is 0 Å². The maximum Gasteiger partial charge on any atom is 0.0298 e. The van der Waals surface area contributed by atoms with E-state index in [9.17, 15) is 0 Å². The predicted molar refractivity (Wildman–Crippen MR) is 125 cm³/mol. The molecule has 4 aliphatic rings. The van der Waals surface area contributed by atoms with Gasteiger partial charge >= 0.3 is 0 Å². The first-order valence-corrected chi connectivity index (χ1v) is 13.4. The van der Waals surface area contributed by atoms with Gasteiger partial charge < -0.3 is 0 Å². The third-order valence-electron chi connectivity index (χ3n) is 9.91. The summed E-state index contributed by atoms with van der Waals surface area (Å²) in [4.78, 5) is 0. The lowest BCUT2D eigenvalue weighted by Gasteiger charge is -2.44. The lowest BCUT2D eigenvalue weighted by atomic mass is 9.66. The van der Waals surface area contributed by atoms with E-state index in [-0.39, 0.29) is 11.1 Å². The van der Waals surface area contributed by atoms with E-state index in [4.69, 9.17) is 0 Å². The van der Waals surface area contributed by atoms with Crippen molar-refractivity contribution in [3.05, 3.63) is 0 Å². The Morgan fingerprint density at radius 3 is 1.59 bits per heavy atom. The van der Waals surface area contributed by atoms with Crippen molar-refractivity contribution >= 4 is 0 Å². The Morgan fingerprint density at radius 1 is 0.552 bits per heavy atom. The van der Waals surface area contributed by atoms with Crippen LogP contribution < -0.4 is 10.9 Å². The standard InChI is InChI=1S/C27H50N2/c1-25(24-14-4-5-15-24)16-6-7-17-26(2,20-22-10-8-11-22)28-29-27(3,19-18-25)21-23-12-9-13-23/h22-24,28-29H,4-21H2,1-3H3. The number of hydrazine groups is 1. The molecular weight excluding hydrogens is 352 g/mol. The van der Waals surface area contributed by atoms with Crippen molar-refractivity contribution in [2.75, 3.05) is 0 Å². The van der Waals surface area contributed by atoms with Crippen LogP contribution in [0.4, 0.5) is 0 Å². The van der Waals surface area contributed by atoms with Gasteiger partial charge in [-0.2, -0.15) is 0 Å². The summed E-state index contributed by atoms with van der Waals surface area (Å²) < 4.78 is 0. The highest BCUT2D eigenvalue weighted by Gasteiger charge is 2.41. The van der Waals surface area contributed by atoms with Crippen molar-refractivity contribution in [2.24, 2.45) is 23.2 Å². The molecule has 0 spiro atoms. The van der Waals surface area contributed by atoms with Crippen LogP contribution in [0.1, 0.15) is 136 Å². The van der Waals surface area contributed by atoms with Crippen LogP contribution in [0.15, 0.2) is 0 Å². The van der Waals surface area contributed by atoms with Gasteiger partial charge in [-0.25, -0.2) is 0 Å². The molecule has 2 nitrogen and oxygen atoms in total.